The zero-order chi connectivity index (χ0) is 41.0. The van der Waals surface area contributed by atoms with Gasteiger partial charge in [0.05, 0.1) is 58.3 Å². The summed E-state index contributed by atoms with van der Waals surface area (Å²) in [6.07, 6.45) is 5.44. The second-order valence-electron chi connectivity index (χ2n) is 13.4. The summed E-state index contributed by atoms with van der Waals surface area (Å²) in [5.41, 5.74) is 14.1. The fraction of sp³-hybridized carbons (Fsp3) is 0.0189. The lowest BCUT2D eigenvalue weighted by molar-refractivity contribution is 1.17. The van der Waals surface area contributed by atoms with Crippen molar-refractivity contribution >= 4 is 12.2 Å². The Kier molecular flexibility index (Phi) is 12.2. The van der Waals surface area contributed by atoms with E-state index >= 15 is 0 Å². The van der Waals surface area contributed by atoms with Crippen molar-refractivity contribution in [2.45, 2.75) is 6.42 Å². The van der Waals surface area contributed by atoms with Crippen LogP contribution >= 0.6 is 0 Å². The quantitative estimate of drug-likeness (QED) is 0.129. The van der Waals surface area contributed by atoms with Crippen molar-refractivity contribution in [2.75, 3.05) is 0 Å². The van der Waals surface area contributed by atoms with Crippen LogP contribution in [0.5, 0.6) is 0 Å². The van der Waals surface area contributed by atoms with Gasteiger partial charge in [-0.15, -0.1) is 6.58 Å². The third-order valence-electron chi connectivity index (χ3n) is 9.53. The van der Waals surface area contributed by atoms with E-state index in [4.69, 9.17) is 25.2 Å². The molecule has 8 rings (SSSR count). The first-order valence-electron chi connectivity index (χ1n) is 19.0. The lowest BCUT2D eigenvalue weighted by Gasteiger charge is -2.14. The monoisotopic (exact) mass is 758 g/mol. The van der Waals surface area contributed by atoms with Crippen molar-refractivity contribution in [3.05, 3.63) is 207 Å². The second kappa shape index (κ2) is 18.5. The van der Waals surface area contributed by atoms with E-state index in [-0.39, 0.29) is 0 Å². The first-order valence-corrected chi connectivity index (χ1v) is 19.0. The van der Waals surface area contributed by atoms with E-state index in [1.165, 1.54) is 0 Å². The van der Waals surface area contributed by atoms with Gasteiger partial charge in [0.1, 0.15) is 0 Å². The second-order valence-corrected chi connectivity index (χ2v) is 13.4. The number of hydrogen-bond donors (Lipinski definition) is 0. The highest BCUT2D eigenvalue weighted by Crippen LogP contribution is 2.35. The molecular formula is C53H38N6. The van der Waals surface area contributed by atoms with Crippen LogP contribution in [0.3, 0.4) is 0 Å². The van der Waals surface area contributed by atoms with E-state index in [2.05, 4.69) is 105 Å². The first-order chi connectivity index (χ1) is 29.0. The maximum absolute atomic E-state index is 9.46. The highest BCUT2D eigenvalue weighted by Gasteiger charge is 2.16. The predicted molar refractivity (Wildman–Crippen MR) is 241 cm³/mol. The Balaban J connectivity index is 0.000000997. The van der Waals surface area contributed by atoms with E-state index in [1.807, 2.05) is 84.9 Å². The summed E-state index contributed by atoms with van der Waals surface area (Å²) in [6.45, 7) is 11.3. The molecule has 2 aromatic heterocycles. The number of benzene rings is 6. The molecule has 0 aliphatic heterocycles. The van der Waals surface area contributed by atoms with Crippen LogP contribution in [0.1, 0.15) is 23.4 Å². The Morgan fingerprint density at radius 3 is 1.37 bits per heavy atom. The molecule has 0 aliphatic rings. The summed E-state index contributed by atoms with van der Waals surface area (Å²) < 4.78 is 0. The maximum atomic E-state index is 9.46. The van der Waals surface area contributed by atoms with E-state index in [0.717, 1.165) is 72.8 Å². The lowest BCUT2D eigenvalue weighted by atomic mass is 9.96. The zero-order valence-electron chi connectivity index (χ0n) is 32.3. The van der Waals surface area contributed by atoms with E-state index < -0.39 is 0 Å². The van der Waals surface area contributed by atoms with Gasteiger partial charge < -0.3 is 0 Å². The molecule has 59 heavy (non-hydrogen) atoms. The van der Waals surface area contributed by atoms with Gasteiger partial charge in [-0.1, -0.05) is 159 Å². The number of nitrogens with zero attached hydrogens (tertiary/aromatic N) is 6. The largest absolute Gasteiger partial charge is 0.244 e. The van der Waals surface area contributed by atoms with Crippen LogP contribution in [0.2, 0.25) is 0 Å². The molecule has 0 unspecified atom stereocenters. The van der Waals surface area contributed by atoms with Crippen molar-refractivity contribution in [1.82, 2.24) is 19.9 Å². The van der Waals surface area contributed by atoms with Crippen LogP contribution in [-0.2, 0) is 0 Å². The van der Waals surface area contributed by atoms with Gasteiger partial charge in [-0.3, -0.25) is 0 Å². The predicted octanol–water partition coefficient (Wildman–Crippen LogP) is 13.2. The Bertz CT molecular complexity index is 2790. The molecule has 0 amide bonds. The minimum Gasteiger partial charge on any atom is -0.244 e. The molecule has 0 fully saturated rings. The van der Waals surface area contributed by atoms with Crippen molar-refractivity contribution in [1.29, 1.82) is 10.5 Å². The maximum Gasteiger partial charge on any atom is 0.160 e. The van der Waals surface area contributed by atoms with Crippen molar-refractivity contribution in [3.8, 4) is 90.8 Å². The van der Waals surface area contributed by atoms with Gasteiger partial charge in [0.25, 0.3) is 0 Å². The third kappa shape index (κ3) is 9.06. The van der Waals surface area contributed by atoms with E-state index in [1.54, 1.807) is 24.3 Å². The SMILES string of the molecule is C=CCC#N.C=Cc1nc(-c2ccc(-c3ccc(-c4nc(-c5ccccc5)cc(-c5ccccc5)n4)cc3)cc2)c(-c2cccc(-c3cccc(C#N)c3)c2)nc1C=C. The molecule has 8 aromatic rings. The summed E-state index contributed by atoms with van der Waals surface area (Å²) >= 11 is 0. The minimum absolute atomic E-state index is 0.458. The molecule has 0 radical (unpaired) electrons. The molecule has 0 spiro atoms. The van der Waals surface area contributed by atoms with Gasteiger partial charge in [-0.2, -0.15) is 10.5 Å². The van der Waals surface area contributed by atoms with Crippen molar-refractivity contribution in [2.24, 2.45) is 0 Å². The Hall–Kier alpha value is -8.32. The molecule has 0 atom stereocenters. The molecule has 0 aliphatic carbocycles. The van der Waals surface area contributed by atoms with Crippen LogP contribution in [-0.4, -0.2) is 19.9 Å². The van der Waals surface area contributed by atoms with Crippen molar-refractivity contribution < 1.29 is 0 Å². The fourth-order valence-corrected chi connectivity index (χ4v) is 6.57. The van der Waals surface area contributed by atoms with Crippen LogP contribution in [0.15, 0.2) is 190 Å². The van der Waals surface area contributed by atoms with Crippen molar-refractivity contribution in [3.63, 3.8) is 0 Å². The molecule has 280 valence electrons. The fourth-order valence-electron chi connectivity index (χ4n) is 6.57. The van der Waals surface area contributed by atoms with E-state index in [9.17, 15) is 5.26 Å². The van der Waals surface area contributed by atoms with Crippen LogP contribution in [0.25, 0.3) is 90.8 Å². The summed E-state index contributed by atoms with van der Waals surface area (Å²) in [6, 6.07) is 59.1. The minimum atomic E-state index is 0.458. The van der Waals surface area contributed by atoms with Gasteiger partial charge in [0.15, 0.2) is 5.82 Å². The summed E-state index contributed by atoms with van der Waals surface area (Å²) in [7, 11) is 0. The molecular weight excluding hydrogens is 721 g/mol. The Morgan fingerprint density at radius 1 is 0.424 bits per heavy atom. The normalized spacial score (nSPS) is 10.3. The van der Waals surface area contributed by atoms with Gasteiger partial charge in [0.2, 0.25) is 0 Å². The smallest absolute Gasteiger partial charge is 0.160 e. The standard InChI is InChI=1S/C49H33N5.C4H5N/c1-3-43-44(4-2)52-48(42-20-12-19-41(30-42)40-18-11-13-33(29-40)32-50)47(51-43)38-25-21-34(22-26-38)35-23-27-39(28-24-35)49-53-45(36-14-7-5-8-15-36)31-46(54-49)37-16-9-6-10-17-37;1-2-3-4-5/h3-31H,1-2H2;2H,1,3H2. The number of nitriles is 2. The Labute approximate surface area is 345 Å². The van der Waals surface area contributed by atoms with Gasteiger partial charge >= 0.3 is 0 Å². The molecule has 2 heterocycles. The van der Waals surface area contributed by atoms with Crippen LogP contribution in [0.4, 0.5) is 0 Å². The lowest BCUT2D eigenvalue weighted by Crippen LogP contribution is -2.00. The molecule has 0 saturated heterocycles. The third-order valence-corrected chi connectivity index (χ3v) is 9.53. The molecule has 0 N–H and O–H groups in total. The molecule has 6 heteroatoms. The molecule has 6 nitrogen and oxygen atoms in total. The number of rotatable bonds is 10. The zero-order valence-corrected chi connectivity index (χ0v) is 32.3. The van der Waals surface area contributed by atoms with Gasteiger partial charge in [-0.25, -0.2) is 19.9 Å². The average Bonchev–Trinajstić information content (AvgIpc) is 3.32. The van der Waals surface area contributed by atoms with E-state index in [0.29, 0.717) is 29.2 Å². The number of aromatic nitrogens is 4. The number of allylic oxidation sites excluding steroid dienone is 1. The first kappa shape index (κ1) is 38.9. The Morgan fingerprint density at radius 2 is 0.881 bits per heavy atom. The molecule has 0 bridgehead atoms. The van der Waals surface area contributed by atoms with Gasteiger partial charge in [-0.05, 0) is 58.7 Å². The number of hydrogen-bond acceptors (Lipinski definition) is 6. The molecule has 0 saturated carbocycles. The van der Waals surface area contributed by atoms with Crippen LogP contribution in [0, 0.1) is 22.7 Å². The highest BCUT2D eigenvalue weighted by molar-refractivity contribution is 5.84. The average molecular weight is 759 g/mol. The molecule has 6 aromatic carbocycles. The summed E-state index contributed by atoms with van der Waals surface area (Å²) in [5, 5.41) is 17.2. The van der Waals surface area contributed by atoms with Crippen LogP contribution < -0.4 is 0 Å². The van der Waals surface area contributed by atoms with Gasteiger partial charge in [0, 0.05) is 27.8 Å². The highest BCUT2D eigenvalue weighted by atomic mass is 14.9. The summed E-state index contributed by atoms with van der Waals surface area (Å²) in [4.78, 5) is 20.0. The topological polar surface area (TPSA) is 99.1 Å². The summed E-state index contributed by atoms with van der Waals surface area (Å²) in [5.74, 6) is 0.672.